The first kappa shape index (κ1) is 13.4. The molecule has 1 aliphatic carbocycles. The molecule has 2 fully saturated rings. The molecule has 1 saturated carbocycles. The summed E-state index contributed by atoms with van der Waals surface area (Å²) in [6.07, 6.45) is 3.09. The second-order valence-electron chi connectivity index (χ2n) is 5.83. The van der Waals surface area contributed by atoms with Crippen LogP contribution in [0.4, 0.5) is 0 Å². The van der Waals surface area contributed by atoms with E-state index >= 15 is 0 Å². The number of methoxy groups -OCH3 is 1. The van der Waals surface area contributed by atoms with Crippen LogP contribution in [0.15, 0.2) is 24.3 Å². The van der Waals surface area contributed by atoms with Crippen molar-refractivity contribution in [1.82, 2.24) is 0 Å². The van der Waals surface area contributed by atoms with E-state index in [1.54, 1.807) is 7.11 Å². The van der Waals surface area contributed by atoms with Gasteiger partial charge in [-0.2, -0.15) is 0 Å². The predicted molar refractivity (Wildman–Crippen MR) is 73.8 cm³/mol. The Hall–Kier alpha value is -1.55. The van der Waals surface area contributed by atoms with E-state index in [0.717, 1.165) is 24.2 Å². The Balaban J connectivity index is 1.93. The van der Waals surface area contributed by atoms with E-state index in [9.17, 15) is 9.90 Å². The third-order valence-corrected chi connectivity index (χ3v) is 4.56. The van der Waals surface area contributed by atoms with Crippen molar-refractivity contribution in [3.8, 4) is 5.75 Å². The maximum absolute atomic E-state index is 11.9. The smallest absolute Gasteiger partial charge is 0.312 e. The lowest BCUT2D eigenvalue weighted by molar-refractivity contribution is -0.153. The molecule has 3 rings (SSSR count). The molecule has 1 N–H and O–H groups in total. The zero-order chi connectivity index (χ0) is 14.2. The Morgan fingerprint density at radius 1 is 1.45 bits per heavy atom. The quantitative estimate of drug-likeness (QED) is 0.897. The van der Waals surface area contributed by atoms with Crippen LogP contribution >= 0.6 is 0 Å². The van der Waals surface area contributed by atoms with Crippen molar-refractivity contribution in [3.63, 3.8) is 0 Å². The van der Waals surface area contributed by atoms with Crippen LogP contribution in [0.3, 0.4) is 0 Å². The van der Waals surface area contributed by atoms with Crippen molar-refractivity contribution in [2.24, 2.45) is 11.3 Å². The lowest BCUT2D eigenvalue weighted by Crippen LogP contribution is -2.42. The fraction of sp³-hybridized carbons (Fsp3) is 0.562. The highest BCUT2D eigenvalue weighted by molar-refractivity contribution is 5.76. The van der Waals surface area contributed by atoms with Gasteiger partial charge in [0.25, 0.3) is 0 Å². The van der Waals surface area contributed by atoms with E-state index in [2.05, 4.69) is 0 Å². The number of hydrogen-bond donors (Lipinski definition) is 1. The summed E-state index contributed by atoms with van der Waals surface area (Å²) in [4.78, 5) is 11.9. The van der Waals surface area contributed by atoms with Crippen molar-refractivity contribution in [2.75, 3.05) is 13.7 Å². The van der Waals surface area contributed by atoms with E-state index in [1.165, 1.54) is 0 Å². The van der Waals surface area contributed by atoms with E-state index in [-0.39, 0.29) is 6.10 Å². The van der Waals surface area contributed by atoms with Crippen LogP contribution < -0.4 is 4.74 Å². The van der Waals surface area contributed by atoms with Crippen LogP contribution in [-0.4, -0.2) is 30.9 Å². The maximum atomic E-state index is 11.9. The molecule has 0 bridgehead atoms. The van der Waals surface area contributed by atoms with Crippen LogP contribution in [0.25, 0.3) is 0 Å². The molecule has 4 nitrogen and oxygen atoms in total. The van der Waals surface area contributed by atoms with Crippen molar-refractivity contribution in [1.29, 1.82) is 0 Å². The summed E-state index contributed by atoms with van der Waals surface area (Å²) in [6.45, 7) is 0.544. The molecule has 2 unspecified atom stereocenters. The fourth-order valence-corrected chi connectivity index (χ4v) is 3.34. The molecule has 1 aromatic rings. The van der Waals surface area contributed by atoms with Gasteiger partial charge in [-0.25, -0.2) is 0 Å². The fourth-order valence-electron chi connectivity index (χ4n) is 3.34. The number of para-hydroxylation sites is 1. The average molecular weight is 276 g/mol. The highest BCUT2D eigenvalue weighted by atomic mass is 16.5. The highest BCUT2D eigenvalue weighted by Gasteiger charge is 2.56. The van der Waals surface area contributed by atoms with Gasteiger partial charge in [0, 0.05) is 6.61 Å². The number of benzene rings is 1. The van der Waals surface area contributed by atoms with E-state index in [0.29, 0.717) is 25.4 Å². The van der Waals surface area contributed by atoms with Gasteiger partial charge in [0.2, 0.25) is 0 Å². The molecule has 2 aliphatic rings. The molecule has 0 amide bonds. The van der Waals surface area contributed by atoms with Crippen LogP contribution in [0, 0.1) is 11.3 Å². The molecule has 20 heavy (non-hydrogen) atoms. The van der Waals surface area contributed by atoms with Gasteiger partial charge in [-0.1, -0.05) is 18.2 Å². The molecule has 0 spiro atoms. The third-order valence-electron chi connectivity index (χ3n) is 4.56. The summed E-state index contributed by atoms with van der Waals surface area (Å²) in [5, 5.41) is 9.81. The molecule has 108 valence electrons. The zero-order valence-corrected chi connectivity index (χ0v) is 11.7. The van der Waals surface area contributed by atoms with E-state index in [4.69, 9.17) is 9.47 Å². The molecule has 1 aliphatic heterocycles. The third kappa shape index (κ3) is 2.18. The SMILES string of the molecule is COc1ccccc1CC1(C(=O)O)CCOC1C1CC1. The first-order valence-electron chi connectivity index (χ1n) is 7.14. The number of carboxylic acid groups (broad SMARTS) is 1. The first-order chi connectivity index (χ1) is 9.67. The Morgan fingerprint density at radius 2 is 2.20 bits per heavy atom. The van der Waals surface area contributed by atoms with Crippen LogP contribution in [-0.2, 0) is 16.0 Å². The monoisotopic (exact) mass is 276 g/mol. The minimum absolute atomic E-state index is 0.148. The molecule has 2 atom stereocenters. The summed E-state index contributed by atoms with van der Waals surface area (Å²) in [5.74, 6) is 0.440. The normalized spacial score (nSPS) is 29.4. The zero-order valence-electron chi connectivity index (χ0n) is 11.7. The number of aliphatic carboxylic acids is 1. The topological polar surface area (TPSA) is 55.8 Å². The van der Waals surface area contributed by atoms with Crippen molar-refractivity contribution >= 4 is 5.97 Å². The van der Waals surface area contributed by atoms with Gasteiger partial charge < -0.3 is 14.6 Å². The number of ether oxygens (including phenoxy) is 2. The second kappa shape index (κ2) is 5.09. The van der Waals surface area contributed by atoms with Gasteiger partial charge in [-0.3, -0.25) is 4.79 Å². The van der Waals surface area contributed by atoms with Gasteiger partial charge in [-0.15, -0.1) is 0 Å². The highest BCUT2D eigenvalue weighted by Crippen LogP contribution is 2.50. The largest absolute Gasteiger partial charge is 0.496 e. The standard InChI is InChI=1S/C16H20O4/c1-19-13-5-3-2-4-12(13)10-16(15(17)18)8-9-20-14(16)11-6-7-11/h2-5,11,14H,6-10H2,1H3,(H,17,18). The molecule has 1 aromatic carbocycles. The lowest BCUT2D eigenvalue weighted by Gasteiger charge is -2.30. The predicted octanol–water partition coefficient (Wildman–Crippen LogP) is 2.51. The Kier molecular flexibility index (Phi) is 3.42. The Morgan fingerprint density at radius 3 is 2.85 bits per heavy atom. The maximum Gasteiger partial charge on any atom is 0.312 e. The van der Waals surface area contributed by atoms with Crippen LogP contribution in [0.1, 0.15) is 24.8 Å². The van der Waals surface area contributed by atoms with Gasteiger partial charge >= 0.3 is 5.97 Å². The molecule has 1 saturated heterocycles. The van der Waals surface area contributed by atoms with Gasteiger partial charge in [0.1, 0.15) is 11.2 Å². The summed E-state index contributed by atoms with van der Waals surface area (Å²) in [6, 6.07) is 7.66. The van der Waals surface area contributed by atoms with Crippen molar-refractivity contribution in [3.05, 3.63) is 29.8 Å². The Bertz CT molecular complexity index is 509. The van der Waals surface area contributed by atoms with E-state index < -0.39 is 11.4 Å². The molecule has 0 aromatic heterocycles. The molecule has 1 heterocycles. The first-order valence-corrected chi connectivity index (χ1v) is 7.14. The summed E-state index contributed by atoms with van der Waals surface area (Å²) < 4.78 is 11.1. The molecular weight excluding hydrogens is 256 g/mol. The van der Waals surface area contributed by atoms with Gasteiger partial charge in [0.15, 0.2) is 0 Å². The van der Waals surface area contributed by atoms with Crippen LogP contribution in [0.2, 0.25) is 0 Å². The second-order valence-corrected chi connectivity index (χ2v) is 5.83. The number of hydrogen-bond acceptors (Lipinski definition) is 3. The molecular formula is C16H20O4. The Labute approximate surface area is 118 Å². The van der Waals surface area contributed by atoms with Crippen molar-refractivity contribution in [2.45, 2.75) is 31.8 Å². The minimum atomic E-state index is -0.796. The average Bonchev–Trinajstić information content (AvgIpc) is 3.20. The minimum Gasteiger partial charge on any atom is -0.496 e. The number of carbonyl (C=O) groups is 1. The van der Waals surface area contributed by atoms with Gasteiger partial charge in [0.05, 0.1) is 13.2 Å². The summed E-state index contributed by atoms with van der Waals surface area (Å²) >= 11 is 0. The number of carboxylic acids is 1. The summed E-state index contributed by atoms with van der Waals surface area (Å²) in [7, 11) is 1.62. The number of rotatable bonds is 5. The molecule has 4 heteroatoms. The van der Waals surface area contributed by atoms with Crippen LogP contribution in [0.5, 0.6) is 5.75 Å². The van der Waals surface area contributed by atoms with E-state index in [1.807, 2.05) is 24.3 Å². The van der Waals surface area contributed by atoms with Crippen molar-refractivity contribution < 1.29 is 19.4 Å². The van der Waals surface area contributed by atoms with Gasteiger partial charge in [-0.05, 0) is 43.2 Å². The summed E-state index contributed by atoms with van der Waals surface area (Å²) in [5.41, 5.74) is 0.157. The molecule has 0 radical (unpaired) electrons. The lowest BCUT2D eigenvalue weighted by atomic mass is 9.74.